The monoisotopic (exact) mass is 271 g/mol. The molecule has 1 atom stereocenters. The van der Waals surface area contributed by atoms with Gasteiger partial charge in [0.25, 0.3) is 0 Å². The van der Waals surface area contributed by atoms with Crippen LogP contribution in [-0.4, -0.2) is 22.6 Å². The molecule has 1 N–H and O–H groups in total. The number of imidazole rings is 1. The van der Waals surface area contributed by atoms with Gasteiger partial charge in [0.05, 0.1) is 0 Å². The zero-order chi connectivity index (χ0) is 10.8. The van der Waals surface area contributed by atoms with E-state index in [1.165, 1.54) is 18.7 Å². The van der Waals surface area contributed by atoms with Crippen molar-refractivity contribution < 1.29 is 0 Å². The number of nitrogens with one attached hydrogen (secondary N) is 1. The lowest BCUT2D eigenvalue weighted by Gasteiger charge is -2.26. The molecule has 0 bridgehead atoms. The van der Waals surface area contributed by atoms with Crippen molar-refractivity contribution in [1.29, 1.82) is 0 Å². The lowest BCUT2D eigenvalue weighted by atomic mass is 10.1. The smallest absolute Gasteiger partial charge is 0.124 e. The molecule has 1 aliphatic rings. The van der Waals surface area contributed by atoms with Gasteiger partial charge in [-0.25, -0.2) is 4.98 Å². The minimum atomic E-state index is 0.484. The van der Waals surface area contributed by atoms with Crippen LogP contribution in [0, 0.1) is 0 Å². The third-order valence-electron chi connectivity index (χ3n) is 2.91. The van der Waals surface area contributed by atoms with Gasteiger partial charge in [-0.1, -0.05) is 13.8 Å². The molecule has 84 valence electrons. The summed E-state index contributed by atoms with van der Waals surface area (Å²) in [5, 5.41) is 3.44. The standard InChI is InChI=1S/C11H18BrN3/c1-8(2)11-14-10(12)7-15(11)9-4-3-5-13-6-9/h7-9,13H,3-6H2,1-2H3. The van der Waals surface area contributed by atoms with E-state index in [2.05, 4.69) is 50.8 Å². The number of hydrogen-bond acceptors (Lipinski definition) is 2. The summed E-state index contributed by atoms with van der Waals surface area (Å²) < 4.78 is 3.29. The second-order valence-electron chi connectivity index (χ2n) is 4.48. The Morgan fingerprint density at radius 2 is 2.40 bits per heavy atom. The summed E-state index contributed by atoms with van der Waals surface area (Å²) >= 11 is 3.47. The molecule has 1 unspecified atom stereocenters. The zero-order valence-corrected chi connectivity index (χ0v) is 10.9. The van der Waals surface area contributed by atoms with Gasteiger partial charge in [-0.15, -0.1) is 0 Å². The van der Waals surface area contributed by atoms with Gasteiger partial charge in [0.2, 0.25) is 0 Å². The molecule has 0 radical (unpaired) electrons. The first-order valence-electron chi connectivity index (χ1n) is 5.63. The molecular weight excluding hydrogens is 254 g/mol. The average Bonchev–Trinajstić information content (AvgIpc) is 2.62. The highest BCUT2D eigenvalue weighted by atomic mass is 79.9. The maximum Gasteiger partial charge on any atom is 0.124 e. The summed E-state index contributed by atoms with van der Waals surface area (Å²) in [5.41, 5.74) is 0. The first kappa shape index (κ1) is 11.1. The minimum Gasteiger partial charge on any atom is -0.329 e. The van der Waals surface area contributed by atoms with Crippen LogP contribution in [0.2, 0.25) is 0 Å². The number of rotatable bonds is 2. The van der Waals surface area contributed by atoms with Crippen molar-refractivity contribution >= 4 is 15.9 Å². The molecule has 0 amide bonds. The van der Waals surface area contributed by atoms with Gasteiger partial charge in [0, 0.05) is 24.7 Å². The molecule has 0 aromatic carbocycles. The van der Waals surface area contributed by atoms with Crippen LogP contribution in [0.4, 0.5) is 0 Å². The van der Waals surface area contributed by atoms with Crippen LogP contribution in [0.25, 0.3) is 0 Å². The van der Waals surface area contributed by atoms with Gasteiger partial charge in [0.1, 0.15) is 10.4 Å². The van der Waals surface area contributed by atoms with Crippen molar-refractivity contribution in [2.45, 2.75) is 38.6 Å². The van der Waals surface area contributed by atoms with Crippen molar-refractivity contribution in [1.82, 2.24) is 14.9 Å². The van der Waals surface area contributed by atoms with Gasteiger partial charge < -0.3 is 9.88 Å². The van der Waals surface area contributed by atoms with Crippen LogP contribution in [0.15, 0.2) is 10.8 Å². The fourth-order valence-electron chi connectivity index (χ4n) is 2.17. The van der Waals surface area contributed by atoms with E-state index in [-0.39, 0.29) is 0 Å². The van der Waals surface area contributed by atoms with Crippen LogP contribution in [0.5, 0.6) is 0 Å². The Kier molecular flexibility index (Phi) is 3.46. The summed E-state index contributed by atoms with van der Waals surface area (Å²) in [6.07, 6.45) is 4.64. The number of nitrogens with zero attached hydrogens (tertiary/aromatic N) is 2. The Labute approximate surface area is 99.4 Å². The van der Waals surface area contributed by atoms with E-state index in [0.717, 1.165) is 17.7 Å². The molecule has 4 heteroatoms. The molecule has 0 saturated carbocycles. The third-order valence-corrected chi connectivity index (χ3v) is 3.29. The van der Waals surface area contributed by atoms with E-state index in [9.17, 15) is 0 Å². The van der Waals surface area contributed by atoms with Gasteiger partial charge >= 0.3 is 0 Å². The van der Waals surface area contributed by atoms with E-state index in [4.69, 9.17) is 0 Å². The second kappa shape index (κ2) is 4.66. The largest absolute Gasteiger partial charge is 0.329 e. The van der Waals surface area contributed by atoms with Crippen LogP contribution < -0.4 is 5.32 Å². The summed E-state index contributed by atoms with van der Waals surface area (Å²) in [6.45, 7) is 6.62. The molecular formula is C11H18BrN3. The van der Waals surface area contributed by atoms with Crippen LogP contribution in [0.1, 0.15) is 44.5 Å². The van der Waals surface area contributed by atoms with Gasteiger partial charge in [0.15, 0.2) is 0 Å². The summed E-state index contributed by atoms with van der Waals surface area (Å²) in [4.78, 5) is 4.54. The Morgan fingerprint density at radius 1 is 1.60 bits per heavy atom. The van der Waals surface area contributed by atoms with Crippen molar-refractivity contribution in [2.24, 2.45) is 0 Å². The molecule has 1 saturated heterocycles. The number of aromatic nitrogens is 2. The quantitative estimate of drug-likeness (QED) is 0.897. The van der Waals surface area contributed by atoms with E-state index in [1.54, 1.807) is 0 Å². The normalized spacial score (nSPS) is 22.3. The number of halogens is 1. The van der Waals surface area contributed by atoms with Gasteiger partial charge in [-0.3, -0.25) is 0 Å². The van der Waals surface area contributed by atoms with Crippen LogP contribution >= 0.6 is 15.9 Å². The van der Waals surface area contributed by atoms with E-state index >= 15 is 0 Å². The van der Waals surface area contributed by atoms with Crippen LogP contribution in [0.3, 0.4) is 0 Å². The lowest BCUT2D eigenvalue weighted by Crippen LogP contribution is -2.32. The molecule has 0 spiro atoms. The molecule has 1 aromatic rings. The Balaban J connectivity index is 2.25. The topological polar surface area (TPSA) is 29.9 Å². The highest BCUT2D eigenvalue weighted by Gasteiger charge is 2.19. The van der Waals surface area contributed by atoms with Gasteiger partial charge in [-0.2, -0.15) is 0 Å². The third kappa shape index (κ3) is 2.42. The maximum atomic E-state index is 4.54. The van der Waals surface area contributed by atoms with Crippen LogP contribution in [-0.2, 0) is 0 Å². The predicted octanol–water partition coefficient (Wildman–Crippen LogP) is 2.69. The molecule has 15 heavy (non-hydrogen) atoms. The molecule has 2 heterocycles. The Bertz CT molecular complexity index is 327. The average molecular weight is 272 g/mol. The van der Waals surface area contributed by atoms with E-state index < -0.39 is 0 Å². The van der Waals surface area contributed by atoms with E-state index in [0.29, 0.717) is 12.0 Å². The van der Waals surface area contributed by atoms with Crippen molar-refractivity contribution in [3.63, 3.8) is 0 Å². The number of hydrogen-bond donors (Lipinski definition) is 1. The summed E-state index contributed by atoms with van der Waals surface area (Å²) in [5.74, 6) is 1.67. The first-order valence-corrected chi connectivity index (χ1v) is 6.42. The zero-order valence-electron chi connectivity index (χ0n) is 9.33. The molecule has 2 rings (SSSR count). The number of piperidine rings is 1. The van der Waals surface area contributed by atoms with Crippen molar-refractivity contribution in [3.05, 3.63) is 16.6 Å². The fourth-order valence-corrected chi connectivity index (χ4v) is 2.57. The molecule has 3 nitrogen and oxygen atoms in total. The SMILES string of the molecule is CC(C)c1nc(Br)cn1C1CCCNC1. The Morgan fingerprint density at radius 3 is 3.00 bits per heavy atom. The second-order valence-corrected chi connectivity index (χ2v) is 5.30. The molecule has 1 aromatic heterocycles. The van der Waals surface area contributed by atoms with Gasteiger partial charge in [-0.05, 0) is 35.3 Å². The molecule has 0 aliphatic carbocycles. The van der Waals surface area contributed by atoms with Crippen molar-refractivity contribution in [3.8, 4) is 0 Å². The van der Waals surface area contributed by atoms with E-state index in [1.807, 2.05) is 0 Å². The Hall–Kier alpha value is -0.350. The lowest BCUT2D eigenvalue weighted by molar-refractivity contribution is 0.360. The van der Waals surface area contributed by atoms with Crippen molar-refractivity contribution in [2.75, 3.05) is 13.1 Å². The minimum absolute atomic E-state index is 0.484. The molecule has 1 aliphatic heterocycles. The fraction of sp³-hybridized carbons (Fsp3) is 0.727. The summed E-state index contributed by atoms with van der Waals surface area (Å²) in [6, 6.07) is 0.579. The highest BCUT2D eigenvalue weighted by molar-refractivity contribution is 9.10. The predicted molar refractivity (Wildman–Crippen MR) is 65.2 cm³/mol. The highest BCUT2D eigenvalue weighted by Crippen LogP contribution is 2.25. The maximum absolute atomic E-state index is 4.54. The summed E-state index contributed by atoms with van der Waals surface area (Å²) in [7, 11) is 0. The molecule has 1 fully saturated rings. The first-order chi connectivity index (χ1) is 7.18.